The van der Waals surface area contributed by atoms with Crippen LogP contribution in [0.5, 0.6) is 0 Å². The summed E-state index contributed by atoms with van der Waals surface area (Å²) in [6, 6.07) is 14.6. The van der Waals surface area contributed by atoms with Gasteiger partial charge in [-0.3, -0.25) is 9.59 Å². The number of amides is 1. The summed E-state index contributed by atoms with van der Waals surface area (Å²) >= 11 is 2.85. The number of hydrogen-bond donors (Lipinski definition) is 2. The van der Waals surface area contributed by atoms with Gasteiger partial charge in [0.25, 0.3) is 5.91 Å². The molecule has 1 amide bonds. The number of carbonyl (C=O) groups is 2. The molecule has 4 rings (SSSR count). The Hall–Kier alpha value is -2.95. The molecule has 29 heavy (non-hydrogen) atoms. The van der Waals surface area contributed by atoms with E-state index in [1.54, 1.807) is 36.4 Å². The van der Waals surface area contributed by atoms with Gasteiger partial charge in [0, 0.05) is 10.4 Å². The average Bonchev–Trinajstić information content (AvgIpc) is 3.41. The monoisotopic (exact) mass is 421 g/mol. The number of ketones is 1. The Morgan fingerprint density at radius 3 is 2.59 bits per heavy atom. The van der Waals surface area contributed by atoms with Crippen LogP contribution in [0.3, 0.4) is 0 Å². The van der Waals surface area contributed by atoms with Crippen molar-refractivity contribution < 1.29 is 9.59 Å². The molecule has 1 aromatic carbocycles. The van der Waals surface area contributed by atoms with Crippen LogP contribution in [0.2, 0.25) is 0 Å². The highest BCUT2D eigenvalue weighted by atomic mass is 32.1. The Labute approximate surface area is 177 Å². The van der Waals surface area contributed by atoms with Crippen molar-refractivity contribution in [3.63, 3.8) is 0 Å². The molecule has 0 bridgehead atoms. The summed E-state index contributed by atoms with van der Waals surface area (Å²) in [5.74, 6) is -0.563. The van der Waals surface area contributed by atoms with E-state index in [0.717, 1.165) is 31.2 Å². The van der Waals surface area contributed by atoms with Crippen molar-refractivity contribution in [3.8, 4) is 6.07 Å². The van der Waals surface area contributed by atoms with E-state index in [-0.39, 0.29) is 11.7 Å². The number of anilines is 1. The lowest BCUT2D eigenvalue weighted by Gasteiger charge is -2.19. The Balaban J connectivity index is 1.64. The van der Waals surface area contributed by atoms with E-state index in [0.29, 0.717) is 21.0 Å². The molecule has 3 aromatic rings. The summed E-state index contributed by atoms with van der Waals surface area (Å²) in [6.45, 7) is 0. The molecule has 0 fully saturated rings. The SMILES string of the molecule is N#Cc1c(N[C@H](NC(=O)c2ccccc2)C(=O)c2cccs2)sc2c1CCCC2. The first-order chi connectivity index (χ1) is 14.2. The summed E-state index contributed by atoms with van der Waals surface area (Å²) in [4.78, 5) is 27.5. The fourth-order valence-electron chi connectivity index (χ4n) is 3.45. The average molecular weight is 422 g/mol. The van der Waals surface area contributed by atoms with Crippen LogP contribution < -0.4 is 10.6 Å². The lowest BCUT2D eigenvalue weighted by Crippen LogP contribution is -2.46. The van der Waals surface area contributed by atoms with E-state index in [1.807, 2.05) is 11.4 Å². The van der Waals surface area contributed by atoms with E-state index in [1.165, 1.54) is 27.6 Å². The fourth-order valence-corrected chi connectivity index (χ4v) is 5.41. The molecule has 0 aliphatic heterocycles. The Morgan fingerprint density at radius 1 is 1.07 bits per heavy atom. The van der Waals surface area contributed by atoms with Crippen LogP contribution in [0.15, 0.2) is 47.8 Å². The molecule has 0 saturated carbocycles. The van der Waals surface area contributed by atoms with Crippen LogP contribution in [-0.2, 0) is 12.8 Å². The molecule has 0 spiro atoms. The first-order valence-corrected chi connectivity index (χ1v) is 11.1. The van der Waals surface area contributed by atoms with Crippen LogP contribution in [0.1, 0.15) is 48.9 Å². The molecule has 0 radical (unpaired) electrons. The minimum Gasteiger partial charge on any atom is -0.349 e. The van der Waals surface area contributed by atoms with Crippen LogP contribution in [0.25, 0.3) is 0 Å². The molecular formula is C22H19N3O2S2. The van der Waals surface area contributed by atoms with Crippen LogP contribution >= 0.6 is 22.7 Å². The molecule has 1 atom stereocenters. The van der Waals surface area contributed by atoms with Crippen molar-refractivity contribution in [1.82, 2.24) is 5.32 Å². The molecule has 2 N–H and O–H groups in total. The molecule has 5 nitrogen and oxygen atoms in total. The molecule has 2 heterocycles. The normalized spacial score (nSPS) is 13.8. The van der Waals surface area contributed by atoms with E-state index < -0.39 is 6.17 Å². The van der Waals surface area contributed by atoms with Crippen molar-refractivity contribution in [2.75, 3.05) is 5.32 Å². The molecule has 146 valence electrons. The van der Waals surface area contributed by atoms with Gasteiger partial charge in [0.05, 0.1) is 10.4 Å². The van der Waals surface area contributed by atoms with Gasteiger partial charge in [-0.05, 0) is 54.8 Å². The van der Waals surface area contributed by atoms with Gasteiger partial charge in [-0.2, -0.15) is 5.26 Å². The smallest absolute Gasteiger partial charge is 0.253 e. The molecule has 7 heteroatoms. The number of hydrogen-bond acceptors (Lipinski definition) is 6. The third kappa shape index (κ3) is 4.09. The largest absolute Gasteiger partial charge is 0.349 e. The van der Waals surface area contributed by atoms with Gasteiger partial charge in [0.15, 0.2) is 6.17 Å². The predicted molar refractivity (Wildman–Crippen MR) is 116 cm³/mol. The van der Waals surface area contributed by atoms with Crippen molar-refractivity contribution in [3.05, 3.63) is 74.3 Å². The third-order valence-electron chi connectivity index (χ3n) is 4.90. The van der Waals surface area contributed by atoms with Gasteiger partial charge in [0.2, 0.25) is 5.78 Å². The number of fused-ring (bicyclic) bond motifs is 1. The van der Waals surface area contributed by atoms with Gasteiger partial charge in [-0.25, -0.2) is 0 Å². The number of benzene rings is 1. The Kier molecular flexibility index (Phi) is 5.74. The quantitative estimate of drug-likeness (QED) is 0.450. The Bertz CT molecular complexity index is 1070. The van der Waals surface area contributed by atoms with Crippen molar-refractivity contribution >= 4 is 39.4 Å². The van der Waals surface area contributed by atoms with Crippen molar-refractivity contribution in [1.29, 1.82) is 5.26 Å². The summed E-state index contributed by atoms with van der Waals surface area (Å²) in [7, 11) is 0. The lowest BCUT2D eigenvalue weighted by atomic mass is 9.96. The molecule has 2 aromatic heterocycles. The van der Waals surface area contributed by atoms with Crippen LogP contribution in [0, 0.1) is 11.3 Å². The minimum absolute atomic E-state index is 0.223. The van der Waals surface area contributed by atoms with E-state index in [9.17, 15) is 14.9 Å². The van der Waals surface area contributed by atoms with E-state index in [2.05, 4.69) is 16.7 Å². The number of carbonyl (C=O) groups excluding carboxylic acids is 2. The lowest BCUT2D eigenvalue weighted by molar-refractivity contribution is 0.0871. The highest BCUT2D eigenvalue weighted by Gasteiger charge is 2.27. The number of aryl methyl sites for hydroxylation is 1. The van der Waals surface area contributed by atoms with Gasteiger partial charge in [0.1, 0.15) is 11.1 Å². The summed E-state index contributed by atoms with van der Waals surface area (Å²) in [5.41, 5.74) is 2.16. The number of nitriles is 1. The predicted octanol–water partition coefficient (Wildman–Crippen LogP) is 4.61. The Morgan fingerprint density at radius 2 is 1.86 bits per heavy atom. The van der Waals surface area contributed by atoms with Crippen LogP contribution in [0.4, 0.5) is 5.00 Å². The second-order valence-corrected chi connectivity index (χ2v) is 8.84. The molecule has 1 aliphatic rings. The molecule has 0 unspecified atom stereocenters. The highest BCUT2D eigenvalue weighted by Crippen LogP contribution is 2.38. The number of thiophene rings is 2. The third-order valence-corrected chi connectivity index (χ3v) is 7.00. The summed E-state index contributed by atoms with van der Waals surface area (Å²) in [6.07, 6.45) is 3.07. The minimum atomic E-state index is -0.950. The van der Waals surface area contributed by atoms with Crippen molar-refractivity contribution in [2.24, 2.45) is 0 Å². The number of rotatable bonds is 6. The maximum Gasteiger partial charge on any atom is 0.253 e. The highest BCUT2D eigenvalue weighted by molar-refractivity contribution is 7.16. The molecular weight excluding hydrogens is 402 g/mol. The second kappa shape index (κ2) is 8.60. The molecule has 0 saturated heterocycles. The first kappa shape index (κ1) is 19.4. The zero-order chi connectivity index (χ0) is 20.2. The van der Waals surface area contributed by atoms with Crippen molar-refractivity contribution in [2.45, 2.75) is 31.8 Å². The van der Waals surface area contributed by atoms with Crippen LogP contribution in [-0.4, -0.2) is 17.9 Å². The standard InChI is InChI=1S/C22H19N3O2S2/c23-13-16-15-9-4-5-10-17(15)29-22(16)25-20(19(26)18-11-6-12-28-18)24-21(27)14-7-2-1-3-8-14/h1-3,6-8,11-12,20,25H,4-5,9-10H2,(H,24,27)/t20-/m0/s1. The first-order valence-electron chi connectivity index (χ1n) is 9.42. The summed E-state index contributed by atoms with van der Waals surface area (Å²) < 4.78 is 0. The zero-order valence-electron chi connectivity index (χ0n) is 15.6. The fraction of sp³-hybridized carbons (Fsp3) is 0.227. The maximum atomic E-state index is 13.1. The van der Waals surface area contributed by atoms with Gasteiger partial charge in [-0.1, -0.05) is 24.3 Å². The summed E-state index contributed by atoms with van der Waals surface area (Å²) in [5, 5.41) is 18.2. The topological polar surface area (TPSA) is 82.0 Å². The van der Waals surface area contributed by atoms with Gasteiger partial charge < -0.3 is 10.6 Å². The number of Topliss-reactive ketones (excluding diaryl/α,β-unsaturated/α-hetero) is 1. The molecule has 1 aliphatic carbocycles. The van der Waals surface area contributed by atoms with E-state index >= 15 is 0 Å². The second-order valence-electron chi connectivity index (χ2n) is 6.79. The number of nitrogens with one attached hydrogen (secondary N) is 2. The maximum absolute atomic E-state index is 13.1. The number of nitrogens with zero attached hydrogens (tertiary/aromatic N) is 1. The van der Waals surface area contributed by atoms with Gasteiger partial charge >= 0.3 is 0 Å². The van der Waals surface area contributed by atoms with E-state index in [4.69, 9.17) is 0 Å². The van der Waals surface area contributed by atoms with Gasteiger partial charge in [-0.15, -0.1) is 22.7 Å². The zero-order valence-corrected chi connectivity index (χ0v) is 17.2.